The molecule has 0 radical (unpaired) electrons. The van der Waals surface area contributed by atoms with Gasteiger partial charge in [-0.15, -0.1) is 0 Å². The van der Waals surface area contributed by atoms with Gasteiger partial charge in [-0.05, 0) is 6.07 Å². The summed E-state index contributed by atoms with van der Waals surface area (Å²) in [7, 11) is 0. The second-order valence-electron chi connectivity index (χ2n) is 6.32. The molecule has 0 aromatic carbocycles. The molecule has 0 atom stereocenters. The van der Waals surface area contributed by atoms with Crippen LogP contribution in [0.1, 0.15) is 11.4 Å². The van der Waals surface area contributed by atoms with Crippen molar-refractivity contribution in [3.63, 3.8) is 0 Å². The molecule has 0 unspecified atom stereocenters. The van der Waals surface area contributed by atoms with Gasteiger partial charge in [0.15, 0.2) is 0 Å². The lowest BCUT2D eigenvalue weighted by Crippen LogP contribution is -2.36. The monoisotopic (exact) mass is 388 g/mol. The lowest BCUT2D eigenvalue weighted by molar-refractivity contribution is 0.161. The number of aromatic nitrogens is 2. The van der Waals surface area contributed by atoms with Crippen LogP contribution in [0.15, 0.2) is 6.07 Å². The highest BCUT2D eigenvalue weighted by Crippen LogP contribution is 1.99. The Morgan fingerprint density at radius 1 is 0.741 bits per heavy atom. The second-order valence-corrected chi connectivity index (χ2v) is 6.32. The van der Waals surface area contributed by atoms with Crippen LogP contribution in [0.5, 0.6) is 0 Å². The summed E-state index contributed by atoms with van der Waals surface area (Å²) in [5, 5.41) is 49.9. The van der Waals surface area contributed by atoms with E-state index < -0.39 is 0 Å². The van der Waals surface area contributed by atoms with Crippen molar-refractivity contribution in [2.75, 3.05) is 78.8 Å². The van der Waals surface area contributed by atoms with Gasteiger partial charge < -0.3 is 31.1 Å². The maximum Gasteiger partial charge on any atom is 0.0763 e. The zero-order chi connectivity index (χ0) is 19.7. The van der Waals surface area contributed by atoms with Crippen LogP contribution < -0.4 is 10.6 Å². The molecule has 7 N–H and O–H groups in total. The number of hydrogen-bond acceptors (Lipinski definition) is 9. The highest BCUT2D eigenvalue weighted by molar-refractivity contribution is 5.08. The quantitative estimate of drug-likeness (QED) is 0.132. The summed E-state index contributed by atoms with van der Waals surface area (Å²) in [6, 6.07) is 2.01. The lowest BCUT2D eigenvalue weighted by atomic mass is 10.3. The molecular weight excluding hydrogens is 352 g/mol. The molecule has 0 spiro atoms. The summed E-state index contributed by atoms with van der Waals surface area (Å²) in [6.07, 6.45) is 0. The molecule has 1 rings (SSSR count). The van der Waals surface area contributed by atoms with E-state index in [2.05, 4.69) is 20.8 Å². The molecule has 0 aliphatic rings. The number of nitrogens with zero attached hydrogens (tertiary/aromatic N) is 3. The predicted molar refractivity (Wildman–Crippen MR) is 103 cm³/mol. The van der Waals surface area contributed by atoms with E-state index >= 15 is 0 Å². The largest absolute Gasteiger partial charge is 0.395 e. The van der Waals surface area contributed by atoms with E-state index in [0.29, 0.717) is 39.3 Å². The Hall–Kier alpha value is -1.11. The van der Waals surface area contributed by atoms with Crippen LogP contribution in [0.4, 0.5) is 0 Å². The first kappa shape index (κ1) is 23.9. The lowest BCUT2D eigenvalue weighted by Gasteiger charge is -2.20. The molecule has 10 heteroatoms. The molecule has 27 heavy (non-hydrogen) atoms. The van der Waals surface area contributed by atoms with Crippen LogP contribution in [0, 0.1) is 0 Å². The third kappa shape index (κ3) is 11.4. The van der Waals surface area contributed by atoms with Gasteiger partial charge in [0, 0.05) is 71.1 Å². The standard InChI is InChI=1S/C17H36N6O4/c24-9-5-22(6-10-25)3-1-18-14-16-13-17(21-20-16)15-19-2-4-23(7-11-26)8-12-27/h13,18-19,24-27H,1-12,14-15H2,(H,20,21). The molecule has 0 fully saturated rings. The number of aliphatic hydroxyl groups is 4. The molecular formula is C17H36N6O4. The highest BCUT2D eigenvalue weighted by Gasteiger charge is 2.05. The van der Waals surface area contributed by atoms with Crippen molar-refractivity contribution in [3.05, 3.63) is 17.5 Å². The minimum atomic E-state index is 0.0908. The zero-order valence-electron chi connectivity index (χ0n) is 16.1. The van der Waals surface area contributed by atoms with Gasteiger partial charge in [-0.1, -0.05) is 0 Å². The molecule has 10 nitrogen and oxygen atoms in total. The normalized spacial score (nSPS) is 11.8. The van der Waals surface area contributed by atoms with Crippen molar-refractivity contribution >= 4 is 0 Å². The van der Waals surface area contributed by atoms with Crippen LogP contribution in [0.2, 0.25) is 0 Å². The Bertz CT molecular complexity index is 412. The van der Waals surface area contributed by atoms with E-state index in [1.807, 2.05) is 15.9 Å². The molecule has 1 aromatic rings. The Labute approximate surface area is 161 Å². The second kappa shape index (κ2) is 15.9. The van der Waals surface area contributed by atoms with E-state index in [1.54, 1.807) is 0 Å². The van der Waals surface area contributed by atoms with Crippen molar-refractivity contribution < 1.29 is 20.4 Å². The molecule has 1 aromatic heterocycles. The van der Waals surface area contributed by atoms with Gasteiger partial charge in [-0.3, -0.25) is 14.9 Å². The van der Waals surface area contributed by atoms with Gasteiger partial charge in [0.2, 0.25) is 0 Å². The van der Waals surface area contributed by atoms with Crippen molar-refractivity contribution in [3.8, 4) is 0 Å². The molecule has 0 bridgehead atoms. The molecule has 1 heterocycles. The van der Waals surface area contributed by atoms with Crippen molar-refractivity contribution in [1.82, 2.24) is 30.6 Å². The number of hydrogen-bond donors (Lipinski definition) is 7. The first-order valence-electron chi connectivity index (χ1n) is 9.56. The highest BCUT2D eigenvalue weighted by atomic mass is 16.3. The Kier molecular flexibility index (Phi) is 14.1. The fraction of sp³-hybridized carbons (Fsp3) is 0.824. The van der Waals surface area contributed by atoms with Gasteiger partial charge in [0.1, 0.15) is 0 Å². The number of aliphatic hydroxyl groups excluding tert-OH is 4. The minimum Gasteiger partial charge on any atom is -0.395 e. The first-order valence-corrected chi connectivity index (χ1v) is 9.56. The van der Waals surface area contributed by atoms with Crippen LogP contribution in [0.3, 0.4) is 0 Å². The molecule has 158 valence electrons. The predicted octanol–water partition coefficient (Wildman–Crippen LogP) is -2.84. The maximum atomic E-state index is 8.99. The number of rotatable bonds is 18. The fourth-order valence-electron chi connectivity index (χ4n) is 2.74. The average molecular weight is 389 g/mol. The molecule has 0 aliphatic carbocycles. The van der Waals surface area contributed by atoms with Gasteiger partial charge in [0.25, 0.3) is 0 Å². The molecule has 0 saturated heterocycles. The summed E-state index contributed by atoms with van der Waals surface area (Å²) >= 11 is 0. The van der Waals surface area contributed by atoms with Crippen molar-refractivity contribution in [1.29, 1.82) is 0 Å². The Morgan fingerprint density at radius 2 is 1.22 bits per heavy atom. The van der Waals surface area contributed by atoms with Gasteiger partial charge >= 0.3 is 0 Å². The zero-order valence-corrected chi connectivity index (χ0v) is 16.1. The smallest absolute Gasteiger partial charge is 0.0763 e. The SMILES string of the molecule is OCCN(CCO)CCNCc1cc(CNCCN(CCO)CCO)[nH]n1. The van der Waals surface area contributed by atoms with E-state index in [9.17, 15) is 0 Å². The van der Waals surface area contributed by atoms with Gasteiger partial charge in [0.05, 0.1) is 32.1 Å². The van der Waals surface area contributed by atoms with E-state index in [4.69, 9.17) is 20.4 Å². The summed E-state index contributed by atoms with van der Waals surface area (Å²) in [5.74, 6) is 0. The fourth-order valence-corrected chi connectivity index (χ4v) is 2.74. The van der Waals surface area contributed by atoms with Gasteiger partial charge in [-0.25, -0.2) is 0 Å². The summed E-state index contributed by atoms with van der Waals surface area (Å²) in [6.45, 7) is 7.01. The van der Waals surface area contributed by atoms with E-state index in [0.717, 1.165) is 37.6 Å². The van der Waals surface area contributed by atoms with Crippen molar-refractivity contribution in [2.24, 2.45) is 0 Å². The van der Waals surface area contributed by atoms with Crippen LogP contribution >= 0.6 is 0 Å². The van der Waals surface area contributed by atoms with E-state index in [-0.39, 0.29) is 26.4 Å². The Morgan fingerprint density at radius 3 is 1.70 bits per heavy atom. The minimum absolute atomic E-state index is 0.0908. The molecule has 0 amide bonds. The first-order chi connectivity index (χ1) is 13.2. The number of H-pyrrole nitrogens is 1. The third-order valence-corrected chi connectivity index (χ3v) is 4.18. The summed E-state index contributed by atoms with van der Waals surface area (Å²) in [5.41, 5.74) is 1.94. The maximum absolute atomic E-state index is 8.99. The van der Waals surface area contributed by atoms with Crippen LogP contribution in [0.25, 0.3) is 0 Å². The number of nitrogens with one attached hydrogen (secondary N) is 3. The molecule has 0 saturated carbocycles. The average Bonchev–Trinajstić information content (AvgIpc) is 3.10. The van der Waals surface area contributed by atoms with Crippen LogP contribution in [-0.4, -0.2) is 119 Å². The van der Waals surface area contributed by atoms with E-state index in [1.165, 1.54) is 0 Å². The third-order valence-electron chi connectivity index (χ3n) is 4.18. The topological polar surface area (TPSA) is 140 Å². The number of aromatic amines is 1. The summed E-state index contributed by atoms with van der Waals surface area (Å²) in [4.78, 5) is 4.01. The molecule has 0 aliphatic heterocycles. The van der Waals surface area contributed by atoms with Crippen LogP contribution in [-0.2, 0) is 13.1 Å². The summed E-state index contributed by atoms with van der Waals surface area (Å²) < 4.78 is 0. The van der Waals surface area contributed by atoms with Crippen molar-refractivity contribution in [2.45, 2.75) is 13.1 Å². The Balaban J connectivity index is 2.17. The van der Waals surface area contributed by atoms with Gasteiger partial charge in [-0.2, -0.15) is 5.10 Å².